The zero-order valence-corrected chi connectivity index (χ0v) is 25.7. The SMILES string of the molecule is C=CCN(C(=O)NCc1ccccc1)N1CC(=O)N2[C@@H](Cc3ccc(O)cc3)C(=C=O)N(Cc3c(C)ccc4cccnc34)C[C@@H]21. The summed E-state index contributed by atoms with van der Waals surface area (Å²) in [5, 5.41) is 17.1. The van der Waals surface area contributed by atoms with Gasteiger partial charge in [-0.1, -0.05) is 66.7 Å². The number of phenolic OH excluding ortho intramolecular Hbond substituents is 1. The Morgan fingerprint density at radius 3 is 2.61 bits per heavy atom. The number of carbonyl (C=O) groups excluding carboxylic acids is 3. The van der Waals surface area contributed by atoms with Gasteiger partial charge in [-0.2, -0.15) is 5.01 Å². The van der Waals surface area contributed by atoms with Crippen LogP contribution in [-0.2, 0) is 29.1 Å². The van der Waals surface area contributed by atoms with Crippen molar-refractivity contribution in [2.24, 2.45) is 0 Å². The topological polar surface area (TPSA) is 109 Å². The number of nitrogens with one attached hydrogen (secondary N) is 1. The first-order valence-electron chi connectivity index (χ1n) is 15.3. The average Bonchev–Trinajstić information content (AvgIpc) is 3.40. The molecule has 0 bridgehead atoms. The molecule has 2 aliphatic heterocycles. The van der Waals surface area contributed by atoms with Gasteiger partial charge in [0.05, 0.1) is 31.2 Å². The summed E-state index contributed by atoms with van der Waals surface area (Å²) in [7, 11) is 0. The molecule has 0 radical (unpaired) electrons. The third-order valence-electron chi connectivity index (χ3n) is 8.69. The maximum atomic E-state index is 13.8. The molecule has 3 aromatic carbocycles. The van der Waals surface area contributed by atoms with Crippen LogP contribution in [0, 0.1) is 6.92 Å². The number of piperazine rings is 1. The van der Waals surface area contributed by atoms with Gasteiger partial charge in [0.2, 0.25) is 5.91 Å². The lowest BCUT2D eigenvalue weighted by Crippen LogP contribution is -2.63. The number of carbonyl (C=O) groups is 2. The summed E-state index contributed by atoms with van der Waals surface area (Å²) in [4.78, 5) is 48.6. The van der Waals surface area contributed by atoms with Crippen LogP contribution in [0.15, 0.2) is 103 Å². The Morgan fingerprint density at radius 2 is 1.87 bits per heavy atom. The molecule has 2 N–H and O–H groups in total. The van der Waals surface area contributed by atoms with E-state index in [1.54, 1.807) is 46.4 Å². The molecular weight excluding hydrogens is 580 g/mol. The van der Waals surface area contributed by atoms with Crippen LogP contribution in [-0.4, -0.2) is 79.6 Å². The van der Waals surface area contributed by atoms with E-state index in [0.717, 1.165) is 33.2 Å². The second kappa shape index (κ2) is 13.3. The maximum Gasteiger partial charge on any atom is 0.332 e. The highest BCUT2D eigenvalue weighted by Gasteiger charge is 2.51. The number of fused-ring (bicyclic) bond motifs is 2. The van der Waals surface area contributed by atoms with Crippen molar-refractivity contribution < 1.29 is 19.5 Å². The minimum Gasteiger partial charge on any atom is -0.508 e. The van der Waals surface area contributed by atoms with Crippen LogP contribution in [0.1, 0.15) is 22.3 Å². The van der Waals surface area contributed by atoms with Gasteiger partial charge in [0.25, 0.3) is 0 Å². The highest BCUT2D eigenvalue weighted by Crippen LogP contribution is 2.35. The van der Waals surface area contributed by atoms with E-state index in [1.165, 1.54) is 5.01 Å². The second-order valence-corrected chi connectivity index (χ2v) is 11.6. The molecule has 6 rings (SSSR count). The summed E-state index contributed by atoms with van der Waals surface area (Å²) < 4.78 is 0. The number of aromatic nitrogens is 1. The van der Waals surface area contributed by atoms with Crippen LogP contribution >= 0.6 is 0 Å². The number of urea groups is 1. The number of benzene rings is 3. The molecule has 2 fully saturated rings. The fourth-order valence-electron chi connectivity index (χ4n) is 6.40. The number of pyridine rings is 1. The Morgan fingerprint density at radius 1 is 1.09 bits per heavy atom. The molecule has 0 spiro atoms. The Balaban J connectivity index is 1.37. The lowest BCUT2D eigenvalue weighted by molar-refractivity contribution is -0.132. The maximum absolute atomic E-state index is 13.8. The van der Waals surface area contributed by atoms with Crippen LogP contribution in [0.3, 0.4) is 0 Å². The molecule has 0 aliphatic carbocycles. The fraction of sp³-hybridized carbons (Fsp3) is 0.250. The molecule has 46 heavy (non-hydrogen) atoms. The molecule has 2 saturated heterocycles. The summed E-state index contributed by atoms with van der Waals surface area (Å²) >= 11 is 0. The van der Waals surface area contributed by atoms with Crippen LogP contribution in [0.4, 0.5) is 4.79 Å². The summed E-state index contributed by atoms with van der Waals surface area (Å²) in [6.45, 7) is 6.99. The first-order chi connectivity index (χ1) is 22.4. The Kier molecular flexibility index (Phi) is 8.83. The number of hydrogen-bond donors (Lipinski definition) is 2. The molecule has 10 heteroatoms. The molecule has 4 aromatic rings. The summed E-state index contributed by atoms with van der Waals surface area (Å²) in [5.41, 5.74) is 5.00. The quantitative estimate of drug-likeness (QED) is 0.215. The first kappa shape index (κ1) is 30.6. The lowest BCUT2D eigenvalue weighted by Gasteiger charge is -2.47. The standard InChI is InChI=1S/C36H36N6O4/c1-3-18-40(36(46)38-20-27-8-5-4-6-9-27)41-23-34(45)42-31(19-26-12-15-29(44)16-13-26)32(24-43)39(22-33(41)42)21-30-25(2)11-14-28-10-7-17-37-35(28)30/h3-17,31,33,44H,1,18-23H2,2H3,(H,38,46)/t31-,33+/m0/s1. The van der Waals surface area contributed by atoms with E-state index in [2.05, 4.69) is 22.8 Å². The predicted molar refractivity (Wildman–Crippen MR) is 175 cm³/mol. The van der Waals surface area contributed by atoms with Gasteiger partial charge in [-0.15, -0.1) is 6.58 Å². The molecule has 2 atom stereocenters. The summed E-state index contributed by atoms with van der Waals surface area (Å²) in [5.74, 6) is 2.12. The molecule has 1 aromatic heterocycles. The van der Waals surface area contributed by atoms with Gasteiger partial charge in [0, 0.05) is 30.2 Å². The van der Waals surface area contributed by atoms with Crippen molar-refractivity contribution in [2.75, 3.05) is 19.6 Å². The van der Waals surface area contributed by atoms with E-state index in [-0.39, 0.29) is 37.3 Å². The summed E-state index contributed by atoms with van der Waals surface area (Å²) in [6, 6.07) is 23.3. The van der Waals surface area contributed by atoms with Gasteiger partial charge >= 0.3 is 6.03 Å². The van der Waals surface area contributed by atoms with E-state index in [4.69, 9.17) is 0 Å². The van der Waals surface area contributed by atoms with Crippen molar-refractivity contribution in [3.63, 3.8) is 0 Å². The van der Waals surface area contributed by atoms with Crippen LogP contribution in [0.5, 0.6) is 5.75 Å². The number of aromatic hydroxyl groups is 1. The molecule has 234 valence electrons. The molecular formula is C36H36N6O4. The predicted octanol–water partition coefficient (Wildman–Crippen LogP) is 4.17. The molecule has 0 unspecified atom stereocenters. The number of phenols is 1. The van der Waals surface area contributed by atoms with Crippen molar-refractivity contribution in [1.82, 2.24) is 30.1 Å². The minimum atomic E-state index is -0.653. The zero-order chi connectivity index (χ0) is 32.2. The molecule has 2 aliphatic rings. The molecule has 3 amide bonds. The third kappa shape index (κ3) is 6.08. The van der Waals surface area contributed by atoms with E-state index < -0.39 is 12.2 Å². The average molecular weight is 617 g/mol. The van der Waals surface area contributed by atoms with Gasteiger partial charge in [-0.25, -0.2) is 9.59 Å². The number of rotatable bonds is 9. The van der Waals surface area contributed by atoms with Crippen molar-refractivity contribution >= 4 is 28.8 Å². The third-order valence-corrected chi connectivity index (χ3v) is 8.69. The van der Waals surface area contributed by atoms with Crippen LogP contribution in [0.25, 0.3) is 10.9 Å². The number of nitrogens with zero attached hydrogens (tertiary/aromatic N) is 5. The van der Waals surface area contributed by atoms with Crippen LogP contribution < -0.4 is 5.32 Å². The number of hydrogen-bond acceptors (Lipinski definition) is 7. The van der Waals surface area contributed by atoms with Gasteiger partial charge in [0.1, 0.15) is 23.6 Å². The van der Waals surface area contributed by atoms with Crippen LogP contribution in [0.2, 0.25) is 0 Å². The normalized spacial score (nSPS) is 17.9. The monoisotopic (exact) mass is 616 g/mol. The highest BCUT2D eigenvalue weighted by molar-refractivity contribution is 5.84. The molecule has 0 saturated carbocycles. The van der Waals surface area contributed by atoms with Crippen molar-refractivity contribution in [1.29, 1.82) is 0 Å². The number of amides is 3. The van der Waals surface area contributed by atoms with Gasteiger partial charge in [-0.3, -0.25) is 14.8 Å². The number of aryl methyl sites for hydroxylation is 1. The first-order valence-corrected chi connectivity index (χ1v) is 15.3. The Bertz CT molecular complexity index is 1800. The molecule has 3 heterocycles. The van der Waals surface area contributed by atoms with Gasteiger partial charge in [-0.05, 0) is 48.2 Å². The Labute approximate surface area is 267 Å². The van der Waals surface area contributed by atoms with E-state index >= 15 is 0 Å². The van der Waals surface area contributed by atoms with Crippen molar-refractivity contribution in [3.05, 3.63) is 126 Å². The van der Waals surface area contributed by atoms with E-state index in [1.807, 2.05) is 66.4 Å². The highest BCUT2D eigenvalue weighted by atomic mass is 16.3. The van der Waals surface area contributed by atoms with E-state index in [9.17, 15) is 19.5 Å². The van der Waals surface area contributed by atoms with Crippen molar-refractivity contribution in [2.45, 2.75) is 38.6 Å². The minimum absolute atomic E-state index is 0.0435. The zero-order valence-electron chi connectivity index (χ0n) is 25.7. The van der Waals surface area contributed by atoms with Gasteiger partial charge < -0.3 is 20.2 Å². The second-order valence-electron chi connectivity index (χ2n) is 11.6. The smallest absolute Gasteiger partial charge is 0.332 e. The fourth-order valence-corrected chi connectivity index (χ4v) is 6.40. The largest absolute Gasteiger partial charge is 0.508 e. The lowest BCUT2D eigenvalue weighted by atomic mass is 9.96. The van der Waals surface area contributed by atoms with E-state index in [0.29, 0.717) is 25.2 Å². The molecule has 10 nitrogen and oxygen atoms in total. The Hall–Kier alpha value is -5.44. The number of hydrazine groups is 1. The van der Waals surface area contributed by atoms with Gasteiger partial charge in [0.15, 0.2) is 0 Å². The van der Waals surface area contributed by atoms with Crippen molar-refractivity contribution in [3.8, 4) is 5.75 Å². The summed E-state index contributed by atoms with van der Waals surface area (Å²) in [6.07, 6.45) is 3.15.